The number of nitrogens with one attached hydrogen (secondary N) is 1. The first kappa shape index (κ1) is 14.1. The number of carbonyl (C=O) groups is 1. The first-order valence-corrected chi connectivity index (χ1v) is 6.83. The summed E-state index contributed by atoms with van der Waals surface area (Å²) < 4.78 is 0. The minimum atomic E-state index is -0.0260. The minimum absolute atomic E-state index is 0.0260. The van der Waals surface area contributed by atoms with Crippen LogP contribution in [0.4, 0.5) is 0 Å². The molecule has 1 heterocycles. The lowest BCUT2D eigenvalue weighted by atomic mass is 10.2. The number of nitrogens with zero attached hydrogens (tertiary/aromatic N) is 1. The number of aliphatic hydroxyl groups excluding tert-OH is 1. The van der Waals surface area contributed by atoms with Crippen molar-refractivity contribution in [2.24, 2.45) is 0 Å². The molecule has 96 valence electrons. The second kappa shape index (κ2) is 7.40. The van der Waals surface area contributed by atoms with E-state index in [1.165, 1.54) is 4.88 Å². The van der Waals surface area contributed by atoms with Crippen LogP contribution in [-0.4, -0.2) is 22.6 Å². The lowest BCUT2D eigenvalue weighted by molar-refractivity contribution is -0.121. The Morgan fingerprint density at radius 2 is 2.35 bits per heavy atom. The van der Waals surface area contributed by atoms with Gasteiger partial charge in [0.25, 0.3) is 0 Å². The van der Waals surface area contributed by atoms with Crippen molar-refractivity contribution in [2.45, 2.75) is 45.6 Å². The Labute approximate surface area is 106 Å². The minimum Gasteiger partial charge on any atom is -0.396 e. The predicted octanol–water partition coefficient (Wildman–Crippen LogP) is 2.05. The summed E-state index contributed by atoms with van der Waals surface area (Å²) in [6.07, 6.45) is 4.73. The van der Waals surface area contributed by atoms with E-state index in [-0.39, 0.29) is 18.6 Å². The highest BCUT2D eigenvalue weighted by Crippen LogP contribution is 2.20. The standard InChI is InChI=1S/C12H20N2O2S/c1-3-10-8-13-12(17-10)9(2)14-11(16)6-4-5-7-15/h8-9,15H,3-7H2,1-2H3,(H,14,16). The van der Waals surface area contributed by atoms with Gasteiger partial charge in [-0.15, -0.1) is 11.3 Å². The molecule has 1 unspecified atom stereocenters. The molecule has 0 spiro atoms. The molecule has 17 heavy (non-hydrogen) atoms. The Kier molecular flexibility index (Phi) is 6.15. The molecular weight excluding hydrogens is 236 g/mol. The zero-order valence-electron chi connectivity index (χ0n) is 10.4. The molecule has 5 heteroatoms. The number of unbranched alkanes of at least 4 members (excludes halogenated alkanes) is 1. The SMILES string of the molecule is CCc1cnc(C(C)NC(=O)CCCCO)s1. The van der Waals surface area contributed by atoms with Crippen LogP contribution in [0.25, 0.3) is 0 Å². The zero-order valence-corrected chi connectivity index (χ0v) is 11.2. The molecule has 0 aromatic carbocycles. The molecule has 0 aliphatic heterocycles. The molecule has 0 saturated heterocycles. The van der Waals surface area contributed by atoms with Crippen molar-refractivity contribution in [1.82, 2.24) is 10.3 Å². The molecular formula is C12H20N2O2S. The van der Waals surface area contributed by atoms with Gasteiger partial charge in [0.15, 0.2) is 0 Å². The lowest BCUT2D eigenvalue weighted by Crippen LogP contribution is -2.26. The maximum atomic E-state index is 11.6. The van der Waals surface area contributed by atoms with E-state index in [4.69, 9.17) is 5.11 Å². The van der Waals surface area contributed by atoms with Gasteiger partial charge in [0, 0.05) is 24.1 Å². The number of hydrogen-bond acceptors (Lipinski definition) is 4. The molecule has 1 rings (SSSR count). The highest BCUT2D eigenvalue weighted by atomic mass is 32.1. The summed E-state index contributed by atoms with van der Waals surface area (Å²) in [7, 11) is 0. The van der Waals surface area contributed by atoms with Crippen LogP contribution >= 0.6 is 11.3 Å². The van der Waals surface area contributed by atoms with Gasteiger partial charge in [0.05, 0.1) is 6.04 Å². The van der Waals surface area contributed by atoms with E-state index in [9.17, 15) is 4.79 Å². The summed E-state index contributed by atoms with van der Waals surface area (Å²) in [5.41, 5.74) is 0. The average Bonchev–Trinajstić information content (AvgIpc) is 2.78. The number of rotatable bonds is 7. The lowest BCUT2D eigenvalue weighted by Gasteiger charge is -2.10. The van der Waals surface area contributed by atoms with Gasteiger partial charge in [-0.25, -0.2) is 4.98 Å². The molecule has 1 atom stereocenters. The largest absolute Gasteiger partial charge is 0.396 e. The van der Waals surface area contributed by atoms with E-state index in [1.807, 2.05) is 13.1 Å². The summed E-state index contributed by atoms with van der Waals surface area (Å²) in [6.45, 7) is 4.19. The number of aryl methyl sites for hydroxylation is 1. The van der Waals surface area contributed by atoms with Crippen molar-refractivity contribution in [2.75, 3.05) is 6.61 Å². The summed E-state index contributed by atoms with van der Waals surface area (Å²) in [5.74, 6) is 0.0270. The summed E-state index contributed by atoms with van der Waals surface area (Å²) in [4.78, 5) is 17.1. The van der Waals surface area contributed by atoms with Crippen LogP contribution in [0, 0.1) is 0 Å². The predicted molar refractivity (Wildman–Crippen MR) is 69.0 cm³/mol. The average molecular weight is 256 g/mol. The van der Waals surface area contributed by atoms with Gasteiger partial charge in [-0.1, -0.05) is 6.92 Å². The quantitative estimate of drug-likeness (QED) is 0.734. The van der Waals surface area contributed by atoms with Crippen LogP contribution in [0.1, 0.15) is 49.0 Å². The molecule has 0 aliphatic carbocycles. The van der Waals surface area contributed by atoms with Crippen LogP contribution in [0.5, 0.6) is 0 Å². The maximum Gasteiger partial charge on any atom is 0.220 e. The second-order valence-electron chi connectivity index (χ2n) is 3.99. The third-order valence-corrected chi connectivity index (χ3v) is 3.80. The van der Waals surface area contributed by atoms with Crippen molar-refractivity contribution in [3.8, 4) is 0 Å². The van der Waals surface area contributed by atoms with Crippen LogP contribution < -0.4 is 5.32 Å². The summed E-state index contributed by atoms with van der Waals surface area (Å²) >= 11 is 1.65. The van der Waals surface area contributed by atoms with E-state index in [0.717, 1.165) is 17.8 Å². The molecule has 4 nitrogen and oxygen atoms in total. The van der Waals surface area contributed by atoms with Crippen LogP contribution in [0.15, 0.2) is 6.20 Å². The van der Waals surface area contributed by atoms with Crippen molar-refractivity contribution in [3.63, 3.8) is 0 Å². The smallest absolute Gasteiger partial charge is 0.220 e. The van der Waals surface area contributed by atoms with E-state index >= 15 is 0 Å². The van der Waals surface area contributed by atoms with E-state index in [0.29, 0.717) is 12.8 Å². The Morgan fingerprint density at radius 1 is 1.59 bits per heavy atom. The van der Waals surface area contributed by atoms with Gasteiger partial charge in [0.2, 0.25) is 5.91 Å². The maximum absolute atomic E-state index is 11.6. The number of carbonyl (C=O) groups excluding carboxylic acids is 1. The molecule has 0 bridgehead atoms. The van der Waals surface area contributed by atoms with Crippen LogP contribution in [0.2, 0.25) is 0 Å². The molecule has 0 aliphatic rings. The first-order valence-electron chi connectivity index (χ1n) is 6.02. The van der Waals surface area contributed by atoms with Gasteiger partial charge in [0.1, 0.15) is 5.01 Å². The third-order valence-electron chi connectivity index (χ3n) is 2.48. The Morgan fingerprint density at radius 3 is 2.94 bits per heavy atom. The number of aliphatic hydroxyl groups is 1. The van der Waals surface area contributed by atoms with Gasteiger partial charge >= 0.3 is 0 Å². The topological polar surface area (TPSA) is 62.2 Å². The number of aromatic nitrogens is 1. The Hall–Kier alpha value is -0.940. The third kappa shape index (κ3) is 4.83. The molecule has 0 radical (unpaired) electrons. The fraction of sp³-hybridized carbons (Fsp3) is 0.667. The summed E-state index contributed by atoms with van der Waals surface area (Å²) in [5, 5.41) is 12.5. The van der Waals surface area contributed by atoms with Crippen molar-refractivity contribution < 1.29 is 9.90 Å². The van der Waals surface area contributed by atoms with Gasteiger partial charge in [-0.2, -0.15) is 0 Å². The van der Waals surface area contributed by atoms with Crippen molar-refractivity contribution >= 4 is 17.2 Å². The molecule has 1 aromatic heterocycles. The van der Waals surface area contributed by atoms with Gasteiger partial charge in [-0.3, -0.25) is 4.79 Å². The number of hydrogen-bond donors (Lipinski definition) is 2. The van der Waals surface area contributed by atoms with Crippen molar-refractivity contribution in [3.05, 3.63) is 16.1 Å². The number of thiazole rings is 1. The first-order chi connectivity index (χ1) is 8.17. The molecule has 0 saturated carbocycles. The Bertz CT molecular complexity index is 352. The highest BCUT2D eigenvalue weighted by molar-refractivity contribution is 7.11. The molecule has 1 aromatic rings. The van der Waals surface area contributed by atoms with E-state index in [1.54, 1.807) is 11.3 Å². The molecule has 2 N–H and O–H groups in total. The van der Waals surface area contributed by atoms with E-state index in [2.05, 4.69) is 17.2 Å². The van der Waals surface area contributed by atoms with Gasteiger partial charge < -0.3 is 10.4 Å². The fourth-order valence-electron chi connectivity index (χ4n) is 1.46. The normalized spacial score (nSPS) is 12.4. The summed E-state index contributed by atoms with van der Waals surface area (Å²) in [6, 6.07) is -0.0260. The van der Waals surface area contributed by atoms with Crippen LogP contribution in [0.3, 0.4) is 0 Å². The van der Waals surface area contributed by atoms with E-state index < -0.39 is 0 Å². The monoisotopic (exact) mass is 256 g/mol. The van der Waals surface area contributed by atoms with Crippen molar-refractivity contribution in [1.29, 1.82) is 0 Å². The Balaban J connectivity index is 2.37. The molecule has 0 fully saturated rings. The highest BCUT2D eigenvalue weighted by Gasteiger charge is 2.12. The second-order valence-corrected chi connectivity index (χ2v) is 5.14. The zero-order chi connectivity index (χ0) is 12.7. The van der Waals surface area contributed by atoms with Gasteiger partial charge in [-0.05, 0) is 26.2 Å². The molecule has 1 amide bonds. The number of amides is 1. The fourth-order valence-corrected chi connectivity index (χ4v) is 2.32. The van der Waals surface area contributed by atoms with Crippen LogP contribution in [-0.2, 0) is 11.2 Å².